The molecule has 0 spiro atoms. The lowest BCUT2D eigenvalue weighted by Crippen LogP contribution is -2.19. The Bertz CT molecular complexity index is 576. The van der Waals surface area contributed by atoms with Gasteiger partial charge in [0.1, 0.15) is 35.6 Å². The van der Waals surface area contributed by atoms with Crippen LogP contribution in [-0.4, -0.2) is 17.7 Å². The van der Waals surface area contributed by atoms with E-state index in [4.69, 9.17) is 14.3 Å². The van der Waals surface area contributed by atoms with Crippen molar-refractivity contribution in [2.75, 3.05) is 6.61 Å². The van der Waals surface area contributed by atoms with Crippen LogP contribution in [-0.2, 0) is 4.79 Å². The van der Waals surface area contributed by atoms with Crippen LogP contribution >= 0.6 is 0 Å². The third-order valence-corrected chi connectivity index (χ3v) is 2.62. The SMILES string of the molecule is Cc1ccc(C(COc2cccc(F)c2)C(=O)O)o1. The lowest BCUT2D eigenvalue weighted by Gasteiger charge is -2.11. The Hall–Kier alpha value is -2.30. The van der Waals surface area contributed by atoms with Crippen molar-refractivity contribution >= 4 is 5.97 Å². The summed E-state index contributed by atoms with van der Waals surface area (Å²) in [5, 5.41) is 9.15. The summed E-state index contributed by atoms with van der Waals surface area (Å²) in [4.78, 5) is 11.2. The summed E-state index contributed by atoms with van der Waals surface area (Å²) in [6, 6.07) is 8.84. The van der Waals surface area contributed by atoms with Crippen LogP contribution in [0.1, 0.15) is 17.4 Å². The lowest BCUT2D eigenvalue weighted by atomic mass is 10.1. The maximum Gasteiger partial charge on any atom is 0.317 e. The number of aryl methyl sites for hydroxylation is 1. The highest BCUT2D eigenvalue weighted by Crippen LogP contribution is 2.21. The number of benzene rings is 1. The van der Waals surface area contributed by atoms with E-state index in [1.165, 1.54) is 18.2 Å². The maximum atomic E-state index is 13.0. The fourth-order valence-electron chi connectivity index (χ4n) is 1.65. The monoisotopic (exact) mass is 264 g/mol. The first-order chi connectivity index (χ1) is 9.06. The molecule has 0 amide bonds. The average Bonchev–Trinajstić information content (AvgIpc) is 2.76. The number of hydrogen-bond acceptors (Lipinski definition) is 3. The zero-order valence-corrected chi connectivity index (χ0v) is 10.3. The van der Waals surface area contributed by atoms with Crippen LogP contribution in [0.4, 0.5) is 4.39 Å². The van der Waals surface area contributed by atoms with Crippen LogP contribution < -0.4 is 4.74 Å². The van der Waals surface area contributed by atoms with Gasteiger partial charge >= 0.3 is 5.97 Å². The normalized spacial score (nSPS) is 12.1. The van der Waals surface area contributed by atoms with Crippen molar-refractivity contribution in [3.05, 3.63) is 53.7 Å². The molecule has 5 heteroatoms. The Morgan fingerprint density at radius 1 is 1.42 bits per heavy atom. The Morgan fingerprint density at radius 2 is 2.21 bits per heavy atom. The molecule has 0 radical (unpaired) electrons. The fourth-order valence-corrected chi connectivity index (χ4v) is 1.65. The van der Waals surface area contributed by atoms with Gasteiger partial charge in [0.05, 0.1) is 0 Å². The molecule has 0 aliphatic heterocycles. The van der Waals surface area contributed by atoms with Crippen LogP contribution in [0.15, 0.2) is 40.8 Å². The Morgan fingerprint density at radius 3 is 2.79 bits per heavy atom. The maximum absolute atomic E-state index is 13.0. The summed E-state index contributed by atoms with van der Waals surface area (Å²) in [5.41, 5.74) is 0. The molecule has 1 aromatic carbocycles. The molecule has 1 heterocycles. The smallest absolute Gasteiger partial charge is 0.317 e. The van der Waals surface area contributed by atoms with Crippen molar-refractivity contribution in [2.24, 2.45) is 0 Å². The molecule has 100 valence electrons. The van der Waals surface area contributed by atoms with Crippen molar-refractivity contribution in [1.29, 1.82) is 0 Å². The number of furan rings is 1. The Labute approximate surface area is 109 Å². The van der Waals surface area contributed by atoms with Gasteiger partial charge in [-0.1, -0.05) is 6.07 Å². The predicted octanol–water partition coefficient (Wildman–Crippen LogP) is 2.97. The first-order valence-corrected chi connectivity index (χ1v) is 5.74. The van der Waals surface area contributed by atoms with Crippen LogP contribution in [0, 0.1) is 12.7 Å². The van der Waals surface area contributed by atoms with E-state index in [0.29, 0.717) is 11.5 Å². The molecule has 2 rings (SSSR count). The van der Waals surface area contributed by atoms with Gasteiger partial charge in [-0.3, -0.25) is 4.79 Å². The Kier molecular flexibility index (Phi) is 3.85. The highest BCUT2D eigenvalue weighted by molar-refractivity contribution is 5.75. The summed E-state index contributed by atoms with van der Waals surface area (Å²) < 4.78 is 23.5. The second-order valence-corrected chi connectivity index (χ2v) is 4.11. The van der Waals surface area contributed by atoms with Gasteiger partial charge in [-0.15, -0.1) is 0 Å². The average molecular weight is 264 g/mol. The summed E-state index contributed by atoms with van der Waals surface area (Å²) in [7, 11) is 0. The minimum absolute atomic E-state index is 0.119. The molecule has 2 aromatic rings. The minimum Gasteiger partial charge on any atom is -0.492 e. The number of ether oxygens (including phenoxy) is 1. The highest BCUT2D eigenvalue weighted by Gasteiger charge is 2.24. The van der Waals surface area contributed by atoms with Crippen molar-refractivity contribution in [2.45, 2.75) is 12.8 Å². The van der Waals surface area contributed by atoms with E-state index < -0.39 is 17.7 Å². The van der Waals surface area contributed by atoms with Crippen molar-refractivity contribution in [3.8, 4) is 5.75 Å². The molecule has 0 bridgehead atoms. The van der Waals surface area contributed by atoms with Gasteiger partial charge in [0.2, 0.25) is 0 Å². The standard InChI is InChI=1S/C14H13FO4/c1-9-5-6-13(19-9)12(14(16)17)8-18-11-4-2-3-10(15)7-11/h2-7,12H,8H2,1H3,(H,16,17). The van der Waals surface area contributed by atoms with E-state index in [2.05, 4.69) is 0 Å². The van der Waals surface area contributed by atoms with Crippen LogP contribution in [0.3, 0.4) is 0 Å². The molecule has 1 aromatic heterocycles. The quantitative estimate of drug-likeness (QED) is 0.901. The fraction of sp³-hybridized carbons (Fsp3) is 0.214. The number of carboxylic acid groups (broad SMARTS) is 1. The number of aliphatic carboxylic acids is 1. The molecule has 1 N–H and O–H groups in total. The molecule has 19 heavy (non-hydrogen) atoms. The van der Waals surface area contributed by atoms with Gasteiger partial charge in [0.25, 0.3) is 0 Å². The van der Waals surface area contributed by atoms with Crippen LogP contribution in [0.5, 0.6) is 5.75 Å². The van der Waals surface area contributed by atoms with Gasteiger partial charge in [-0.25, -0.2) is 4.39 Å². The largest absolute Gasteiger partial charge is 0.492 e. The van der Waals surface area contributed by atoms with E-state index in [-0.39, 0.29) is 12.4 Å². The van der Waals surface area contributed by atoms with Crippen LogP contribution in [0.2, 0.25) is 0 Å². The zero-order valence-electron chi connectivity index (χ0n) is 10.3. The molecule has 0 aliphatic carbocycles. The van der Waals surface area contributed by atoms with E-state index >= 15 is 0 Å². The number of halogens is 1. The predicted molar refractivity (Wildman–Crippen MR) is 65.7 cm³/mol. The molecular formula is C14H13FO4. The summed E-state index contributed by atoms with van der Waals surface area (Å²) in [5.74, 6) is -1.16. The molecule has 0 saturated heterocycles. The van der Waals surface area contributed by atoms with Gasteiger partial charge < -0.3 is 14.3 Å². The second kappa shape index (κ2) is 5.56. The van der Waals surface area contributed by atoms with E-state index in [9.17, 15) is 9.18 Å². The highest BCUT2D eigenvalue weighted by atomic mass is 19.1. The van der Waals surface area contributed by atoms with Crippen molar-refractivity contribution in [1.82, 2.24) is 0 Å². The van der Waals surface area contributed by atoms with E-state index in [1.54, 1.807) is 25.1 Å². The molecule has 0 saturated carbocycles. The van der Waals surface area contributed by atoms with E-state index in [0.717, 1.165) is 0 Å². The first-order valence-electron chi connectivity index (χ1n) is 5.74. The lowest BCUT2D eigenvalue weighted by molar-refractivity contribution is -0.140. The third kappa shape index (κ3) is 3.34. The number of rotatable bonds is 5. The van der Waals surface area contributed by atoms with Crippen LogP contribution in [0.25, 0.3) is 0 Å². The Balaban J connectivity index is 2.08. The molecule has 1 unspecified atom stereocenters. The van der Waals surface area contributed by atoms with Gasteiger partial charge in [-0.05, 0) is 31.2 Å². The molecule has 1 atom stereocenters. The number of carbonyl (C=O) groups is 1. The summed E-state index contributed by atoms with van der Waals surface area (Å²) in [6.45, 7) is 1.61. The van der Waals surface area contributed by atoms with Crippen molar-refractivity contribution < 1.29 is 23.4 Å². The van der Waals surface area contributed by atoms with Crippen molar-refractivity contribution in [3.63, 3.8) is 0 Å². The van der Waals surface area contributed by atoms with Gasteiger partial charge in [-0.2, -0.15) is 0 Å². The topological polar surface area (TPSA) is 59.7 Å². The van der Waals surface area contributed by atoms with Gasteiger partial charge in [0.15, 0.2) is 0 Å². The molecule has 0 aliphatic rings. The second-order valence-electron chi connectivity index (χ2n) is 4.11. The summed E-state index contributed by atoms with van der Waals surface area (Å²) in [6.07, 6.45) is 0. The third-order valence-electron chi connectivity index (χ3n) is 2.62. The minimum atomic E-state index is -1.05. The summed E-state index contributed by atoms with van der Waals surface area (Å²) >= 11 is 0. The zero-order chi connectivity index (χ0) is 13.8. The first kappa shape index (κ1) is 13.1. The van der Waals surface area contributed by atoms with E-state index in [1.807, 2.05) is 0 Å². The number of hydrogen-bond donors (Lipinski definition) is 1. The molecule has 0 fully saturated rings. The number of carboxylic acids is 1. The molecular weight excluding hydrogens is 251 g/mol. The molecule has 4 nitrogen and oxygen atoms in total. The van der Waals surface area contributed by atoms with Gasteiger partial charge in [0, 0.05) is 6.07 Å².